The Morgan fingerprint density at radius 2 is 1.75 bits per heavy atom. The number of carbonyl (C=O) groups excluding carboxylic acids is 1. The molecule has 8 heteroatoms. The normalized spacial score (nSPS) is 16.8. The van der Waals surface area contributed by atoms with E-state index in [1.165, 1.54) is 46.1 Å². The lowest BCUT2D eigenvalue weighted by molar-refractivity contribution is 0.104. The van der Waals surface area contributed by atoms with Crippen LogP contribution < -0.4 is 9.62 Å². The molecule has 3 aromatic rings. The molecule has 0 fully saturated rings. The lowest BCUT2D eigenvalue weighted by Crippen LogP contribution is -2.38. The summed E-state index contributed by atoms with van der Waals surface area (Å²) < 4.78 is 40.8. The predicted molar refractivity (Wildman–Crippen MR) is 108 cm³/mol. The molecule has 28 heavy (non-hydrogen) atoms. The van der Waals surface area contributed by atoms with Crippen LogP contribution >= 0.6 is 11.3 Å². The molecule has 5 nitrogen and oxygen atoms in total. The minimum atomic E-state index is -4.08. The molecule has 142 valence electrons. The van der Waals surface area contributed by atoms with Gasteiger partial charge in [-0.2, -0.15) is 0 Å². The molecule has 0 radical (unpaired) electrons. The molecule has 0 saturated heterocycles. The van der Waals surface area contributed by atoms with Gasteiger partial charge in [0, 0.05) is 11.9 Å². The van der Waals surface area contributed by atoms with Crippen LogP contribution in [0.3, 0.4) is 0 Å². The van der Waals surface area contributed by atoms with Crippen LogP contribution in [-0.4, -0.2) is 14.2 Å². The maximum Gasteiger partial charge on any atom is 0.270 e. The van der Waals surface area contributed by atoms with Crippen LogP contribution in [0.4, 0.5) is 15.8 Å². The second kappa shape index (κ2) is 7.21. The molecule has 1 aromatic heterocycles. The van der Waals surface area contributed by atoms with Crippen molar-refractivity contribution in [3.05, 3.63) is 93.4 Å². The lowest BCUT2D eigenvalue weighted by atomic mass is 10.2. The predicted octanol–water partition coefficient (Wildman–Crippen LogP) is 4.37. The summed E-state index contributed by atoms with van der Waals surface area (Å²) in [5.74, 6) is -0.937. The van der Waals surface area contributed by atoms with Crippen LogP contribution in [0, 0.1) is 5.82 Å². The Bertz CT molecular complexity index is 1150. The van der Waals surface area contributed by atoms with Crippen LogP contribution in [0.5, 0.6) is 0 Å². The molecular formula is C20H15FN2O3S2. The zero-order valence-electron chi connectivity index (χ0n) is 14.5. The van der Waals surface area contributed by atoms with Gasteiger partial charge in [0.05, 0.1) is 12.2 Å². The fourth-order valence-corrected chi connectivity index (χ4v) is 5.38. The number of fused-ring (bicyclic) bond motifs is 1. The smallest absolute Gasteiger partial charge is 0.270 e. The van der Waals surface area contributed by atoms with E-state index < -0.39 is 21.6 Å². The molecule has 0 saturated carbocycles. The number of halogens is 1. The highest BCUT2D eigenvalue weighted by atomic mass is 32.2. The van der Waals surface area contributed by atoms with Gasteiger partial charge in [0.2, 0.25) is 5.78 Å². The summed E-state index contributed by atoms with van der Waals surface area (Å²) in [6.07, 6.45) is 1.23. The monoisotopic (exact) mass is 414 g/mol. The van der Waals surface area contributed by atoms with E-state index in [0.717, 1.165) is 0 Å². The highest BCUT2D eigenvalue weighted by Gasteiger charge is 2.41. The Morgan fingerprint density at radius 1 is 1.04 bits per heavy atom. The van der Waals surface area contributed by atoms with Crippen molar-refractivity contribution in [3.8, 4) is 0 Å². The summed E-state index contributed by atoms with van der Waals surface area (Å²) in [7, 11) is -4.08. The van der Waals surface area contributed by atoms with E-state index in [9.17, 15) is 17.6 Å². The summed E-state index contributed by atoms with van der Waals surface area (Å²) in [6, 6.07) is 16.2. The fraction of sp³-hybridized carbons (Fsp3) is 0.0500. The summed E-state index contributed by atoms with van der Waals surface area (Å²) in [6.45, 7) is 0.00229. The molecule has 1 aliphatic heterocycles. The Kier molecular flexibility index (Phi) is 4.74. The highest BCUT2D eigenvalue weighted by molar-refractivity contribution is 7.97. The fourth-order valence-electron chi connectivity index (χ4n) is 2.90. The SMILES string of the molecule is O=C1C(=CNc2ccccc2)S(=O)(=O)N(Cc2ccc(F)cc2)c2ccsc21. The number of benzene rings is 2. The number of Topliss-reactive ketones (excluding diaryl/α,β-unsaturated/α-hetero) is 1. The third kappa shape index (κ3) is 3.32. The quantitative estimate of drug-likeness (QED) is 0.644. The van der Waals surface area contributed by atoms with E-state index in [1.807, 2.05) is 6.07 Å². The second-order valence-electron chi connectivity index (χ2n) is 6.12. The Balaban J connectivity index is 1.75. The average molecular weight is 414 g/mol. The van der Waals surface area contributed by atoms with Crippen LogP contribution in [0.1, 0.15) is 15.2 Å². The van der Waals surface area contributed by atoms with E-state index in [-0.39, 0.29) is 11.4 Å². The Morgan fingerprint density at radius 3 is 2.46 bits per heavy atom. The Hall–Kier alpha value is -2.97. The molecule has 0 amide bonds. The maximum atomic E-state index is 13.2. The summed E-state index contributed by atoms with van der Waals surface area (Å²) in [4.78, 5) is 12.8. The van der Waals surface area contributed by atoms with Gasteiger partial charge in [-0.15, -0.1) is 11.3 Å². The van der Waals surface area contributed by atoms with Crippen molar-refractivity contribution in [3.63, 3.8) is 0 Å². The molecule has 2 aromatic carbocycles. The third-order valence-electron chi connectivity index (χ3n) is 4.29. The van der Waals surface area contributed by atoms with Gasteiger partial charge in [-0.1, -0.05) is 30.3 Å². The number of carbonyl (C=O) groups is 1. The highest BCUT2D eigenvalue weighted by Crippen LogP contribution is 2.39. The number of allylic oxidation sites excluding steroid dienone is 1. The van der Waals surface area contributed by atoms with E-state index in [4.69, 9.17) is 0 Å². The summed E-state index contributed by atoms with van der Waals surface area (Å²) in [5, 5.41) is 4.57. The van der Waals surface area contributed by atoms with E-state index in [2.05, 4.69) is 5.32 Å². The largest absolute Gasteiger partial charge is 0.360 e. The molecule has 0 unspecified atom stereocenters. The number of para-hydroxylation sites is 1. The first-order valence-electron chi connectivity index (χ1n) is 8.38. The summed E-state index contributed by atoms with van der Waals surface area (Å²) in [5.41, 5.74) is 1.63. The molecule has 0 bridgehead atoms. The molecule has 4 rings (SSSR count). The number of hydrogen-bond acceptors (Lipinski definition) is 5. The Labute approximate surface area is 165 Å². The molecule has 0 atom stereocenters. The zero-order chi connectivity index (χ0) is 19.7. The van der Waals surface area contributed by atoms with E-state index in [0.29, 0.717) is 21.8 Å². The number of nitrogens with zero attached hydrogens (tertiary/aromatic N) is 1. The number of ketones is 1. The average Bonchev–Trinajstić information content (AvgIpc) is 3.17. The van der Waals surface area contributed by atoms with E-state index in [1.54, 1.807) is 35.7 Å². The number of hydrogen-bond donors (Lipinski definition) is 1. The van der Waals surface area contributed by atoms with Crippen LogP contribution in [0.15, 0.2) is 77.1 Å². The van der Waals surface area contributed by atoms with Gasteiger partial charge in [-0.3, -0.25) is 9.10 Å². The van der Waals surface area contributed by atoms with Gasteiger partial charge >= 0.3 is 0 Å². The topological polar surface area (TPSA) is 66.5 Å². The lowest BCUT2D eigenvalue weighted by Gasteiger charge is -2.29. The number of thiophene rings is 1. The molecule has 1 aliphatic rings. The van der Waals surface area contributed by atoms with Crippen LogP contribution in [-0.2, 0) is 16.6 Å². The first kappa shape index (κ1) is 18.4. The maximum absolute atomic E-state index is 13.2. The molecular weight excluding hydrogens is 399 g/mol. The van der Waals surface area contributed by atoms with Gasteiger partial charge in [0.25, 0.3) is 10.0 Å². The number of anilines is 2. The minimum Gasteiger partial charge on any atom is -0.360 e. The van der Waals surface area contributed by atoms with Gasteiger partial charge in [-0.25, -0.2) is 12.8 Å². The van der Waals surface area contributed by atoms with Crippen molar-refractivity contribution < 1.29 is 17.6 Å². The molecule has 1 N–H and O–H groups in total. The van der Waals surface area contributed by atoms with Crippen molar-refractivity contribution >= 4 is 38.5 Å². The van der Waals surface area contributed by atoms with Gasteiger partial charge in [-0.05, 0) is 41.3 Å². The number of sulfonamides is 1. The minimum absolute atomic E-state index is 0.00229. The number of rotatable bonds is 4. The van der Waals surface area contributed by atoms with Crippen molar-refractivity contribution in [1.29, 1.82) is 0 Å². The molecule has 0 aliphatic carbocycles. The number of nitrogens with one attached hydrogen (secondary N) is 1. The van der Waals surface area contributed by atoms with Gasteiger partial charge in [0.1, 0.15) is 10.7 Å². The third-order valence-corrected chi connectivity index (χ3v) is 6.96. The second-order valence-corrected chi connectivity index (χ2v) is 8.87. The van der Waals surface area contributed by atoms with Crippen molar-refractivity contribution in [2.24, 2.45) is 0 Å². The van der Waals surface area contributed by atoms with Gasteiger partial charge < -0.3 is 5.32 Å². The summed E-state index contributed by atoms with van der Waals surface area (Å²) >= 11 is 1.19. The first-order valence-corrected chi connectivity index (χ1v) is 10.7. The van der Waals surface area contributed by atoms with Gasteiger partial charge in [0.15, 0.2) is 4.91 Å². The van der Waals surface area contributed by atoms with Crippen LogP contribution in [0.2, 0.25) is 0 Å². The van der Waals surface area contributed by atoms with Crippen LogP contribution in [0.25, 0.3) is 0 Å². The first-order chi connectivity index (χ1) is 13.5. The molecule has 2 heterocycles. The van der Waals surface area contributed by atoms with Crippen molar-refractivity contribution in [2.45, 2.75) is 6.54 Å². The zero-order valence-corrected chi connectivity index (χ0v) is 16.1. The molecule has 0 spiro atoms. The standard InChI is InChI=1S/C20H15FN2O3S2/c21-15-8-6-14(7-9-15)13-23-17-10-11-27-20(17)19(24)18(28(23,25)26)12-22-16-4-2-1-3-5-16/h1-12,22H,13H2. The van der Waals surface area contributed by atoms with Crippen molar-refractivity contribution in [2.75, 3.05) is 9.62 Å². The van der Waals surface area contributed by atoms with E-state index >= 15 is 0 Å². The van der Waals surface area contributed by atoms with Crippen molar-refractivity contribution in [1.82, 2.24) is 0 Å².